The van der Waals surface area contributed by atoms with Crippen LogP contribution in [0, 0.1) is 0 Å². The fourth-order valence-electron chi connectivity index (χ4n) is 0.827. The Morgan fingerprint density at radius 2 is 1.08 bits per heavy atom. The SMILES string of the molecule is O1[SiH2]O[SiH](S[SiH]2O[SiH2]O[SiH2]O2)O[SiH2]1. The minimum atomic E-state index is -1.48. The summed E-state index contributed by atoms with van der Waals surface area (Å²) in [6, 6.07) is 0. The van der Waals surface area contributed by atoms with Gasteiger partial charge in [0.25, 0.3) is 40.0 Å². The average molecular weight is 307 g/mol. The van der Waals surface area contributed by atoms with E-state index < -0.39 is 56.9 Å². The lowest BCUT2D eigenvalue weighted by Crippen LogP contribution is -2.40. The van der Waals surface area contributed by atoms with Gasteiger partial charge >= 0.3 is 16.9 Å². The summed E-state index contributed by atoms with van der Waals surface area (Å²) < 4.78 is 32.2. The molecular formula is H10O6SSi6. The first kappa shape index (κ1) is 10.9. The summed E-state index contributed by atoms with van der Waals surface area (Å²) >= 11 is 0. The second-order valence-electron chi connectivity index (χ2n) is 2.26. The largest absolute Gasteiger partial charge is 0.425 e. The van der Waals surface area contributed by atoms with Gasteiger partial charge in [-0.2, -0.15) is 0 Å². The van der Waals surface area contributed by atoms with Gasteiger partial charge in [-0.15, -0.1) is 10.7 Å². The minimum absolute atomic E-state index is 0.705. The van der Waals surface area contributed by atoms with Gasteiger partial charge in [0.15, 0.2) is 0 Å². The monoisotopic (exact) mass is 306 g/mol. The van der Waals surface area contributed by atoms with Crippen LogP contribution in [0.5, 0.6) is 0 Å². The summed E-state index contributed by atoms with van der Waals surface area (Å²) in [5.41, 5.74) is 0. The van der Waals surface area contributed by atoms with Crippen LogP contribution in [0.2, 0.25) is 0 Å². The van der Waals surface area contributed by atoms with Gasteiger partial charge < -0.3 is 24.7 Å². The highest BCUT2D eigenvalue weighted by atomic mass is 32.5. The van der Waals surface area contributed by atoms with E-state index in [9.17, 15) is 0 Å². The third kappa shape index (κ3) is 3.81. The number of rotatable bonds is 2. The zero-order chi connectivity index (χ0) is 8.93. The van der Waals surface area contributed by atoms with Crippen LogP contribution in [0.3, 0.4) is 0 Å². The lowest BCUT2D eigenvalue weighted by molar-refractivity contribution is 0.336. The first-order valence-electron chi connectivity index (χ1n) is 3.72. The van der Waals surface area contributed by atoms with Crippen LogP contribution in [0.4, 0.5) is 0 Å². The van der Waals surface area contributed by atoms with Gasteiger partial charge in [0.2, 0.25) is 0 Å². The van der Waals surface area contributed by atoms with Crippen molar-refractivity contribution >= 4 is 67.6 Å². The highest BCUT2D eigenvalue weighted by Gasteiger charge is 2.28. The standard InChI is InChI=1S/H10O6SSi6/c1-8-3-12(4-9-1)7-13-5-10-2-11-6-13/h12-13H,8-11H2. The predicted molar refractivity (Wildman–Crippen MR) is 62.6 cm³/mol. The molecule has 0 atom stereocenters. The fourth-order valence-corrected chi connectivity index (χ4v) is 27.6. The van der Waals surface area contributed by atoms with Crippen molar-refractivity contribution in [2.24, 2.45) is 0 Å². The molecule has 76 valence electrons. The molecule has 0 aromatic rings. The molecule has 0 amide bonds. The number of hydrogen-bond donors (Lipinski definition) is 0. The van der Waals surface area contributed by atoms with E-state index in [1.807, 2.05) is 0 Å². The molecule has 0 saturated carbocycles. The first-order chi connectivity index (χ1) is 6.45. The maximum atomic E-state index is 5.48. The Balaban J connectivity index is 1.69. The molecule has 0 unspecified atom stereocenters. The van der Waals surface area contributed by atoms with Crippen molar-refractivity contribution in [3.63, 3.8) is 0 Å². The molecule has 0 aliphatic carbocycles. The highest BCUT2D eigenvalue weighted by molar-refractivity contribution is 8.43. The van der Waals surface area contributed by atoms with Crippen LogP contribution in [0.1, 0.15) is 0 Å². The maximum absolute atomic E-state index is 5.48. The lowest BCUT2D eigenvalue weighted by atomic mass is 15.7. The van der Waals surface area contributed by atoms with Crippen LogP contribution in [0.25, 0.3) is 0 Å². The van der Waals surface area contributed by atoms with Crippen molar-refractivity contribution in [2.75, 3.05) is 0 Å². The molecule has 0 aromatic heterocycles. The Bertz CT molecular complexity index is 128. The van der Waals surface area contributed by atoms with Gasteiger partial charge in [-0.25, -0.2) is 0 Å². The minimum Gasteiger partial charge on any atom is -0.425 e. The van der Waals surface area contributed by atoms with Crippen LogP contribution in [0.15, 0.2) is 0 Å². The van der Waals surface area contributed by atoms with Crippen molar-refractivity contribution in [3.05, 3.63) is 0 Å². The van der Waals surface area contributed by atoms with Crippen molar-refractivity contribution in [1.82, 2.24) is 0 Å². The van der Waals surface area contributed by atoms with E-state index in [0.717, 1.165) is 0 Å². The van der Waals surface area contributed by atoms with E-state index in [1.54, 1.807) is 10.7 Å². The summed E-state index contributed by atoms with van der Waals surface area (Å²) in [6.45, 7) is 0. The Hall–Kier alpha value is 1.41. The highest BCUT2D eigenvalue weighted by Crippen LogP contribution is 2.17. The van der Waals surface area contributed by atoms with Crippen LogP contribution in [-0.4, -0.2) is 56.9 Å². The van der Waals surface area contributed by atoms with Crippen molar-refractivity contribution in [2.45, 2.75) is 0 Å². The Morgan fingerprint density at radius 3 is 1.46 bits per heavy atom. The topological polar surface area (TPSA) is 55.4 Å². The molecule has 0 aromatic carbocycles. The van der Waals surface area contributed by atoms with E-state index in [-0.39, 0.29) is 0 Å². The summed E-state index contributed by atoms with van der Waals surface area (Å²) in [4.78, 5) is 0. The van der Waals surface area contributed by atoms with Gasteiger partial charge in [0.1, 0.15) is 0 Å². The Labute approximate surface area is 92.2 Å². The molecule has 0 spiro atoms. The molecule has 0 bridgehead atoms. The zero-order valence-electron chi connectivity index (χ0n) is 6.84. The molecule has 2 fully saturated rings. The summed E-state index contributed by atoms with van der Waals surface area (Å²) in [6.07, 6.45) is 0. The predicted octanol–water partition coefficient (Wildman–Crippen LogP) is -4.72. The Kier molecular flexibility index (Phi) is 5.12. The summed E-state index contributed by atoms with van der Waals surface area (Å²) in [7, 11) is -4.08. The molecule has 2 aliphatic rings. The van der Waals surface area contributed by atoms with E-state index in [4.69, 9.17) is 24.7 Å². The molecule has 13 heavy (non-hydrogen) atoms. The molecule has 13 heteroatoms. The smallest absolute Gasteiger partial charge is 0.369 e. The molecule has 0 N–H and O–H groups in total. The fraction of sp³-hybridized carbons (Fsp3) is 0. The molecule has 0 radical (unpaired) electrons. The second-order valence-corrected chi connectivity index (χ2v) is 18.8. The van der Waals surface area contributed by atoms with Crippen LogP contribution < -0.4 is 0 Å². The third-order valence-electron chi connectivity index (χ3n) is 1.37. The van der Waals surface area contributed by atoms with E-state index in [2.05, 4.69) is 0 Å². The molecule has 2 aliphatic heterocycles. The quantitative estimate of drug-likeness (QED) is 0.475. The molecule has 6 nitrogen and oxygen atoms in total. The van der Waals surface area contributed by atoms with E-state index >= 15 is 0 Å². The summed E-state index contributed by atoms with van der Waals surface area (Å²) in [5, 5.41) is 0. The van der Waals surface area contributed by atoms with E-state index in [1.165, 1.54) is 0 Å². The average Bonchev–Trinajstić information content (AvgIpc) is 2.21. The van der Waals surface area contributed by atoms with Gasteiger partial charge in [-0.1, -0.05) is 0 Å². The summed E-state index contributed by atoms with van der Waals surface area (Å²) in [5.74, 6) is 0. The van der Waals surface area contributed by atoms with Gasteiger partial charge in [0, 0.05) is 0 Å². The molecule has 2 heterocycles. The van der Waals surface area contributed by atoms with Gasteiger partial charge in [-0.05, 0) is 0 Å². The Morgan fingerprint density at radius 1 is 0.692 bits per heavy atom. The van der Waals surface area contributed by atoms with Crippen molar-refractivity contribution in [1.29, 1.82) is 0 Å². The first-order valence-corrected chi connectivity index (χ1v) is 14.0. The van der Waals surface area contributed by atoms with Crippen LogP contribution in [-0.2, 0) is 24.7 Å². The van der Waals surface area contributed by atoms with Gasteiger partial charge in [-0.3, -0.25) is 0 Å². The molecule has 2 rings (SSSR count). The maximum Gasteiger partial charge on any atom is 0.369 e. The van der Waals surface area contributed by atoms with Crippen molar-refractivity contribution in [3.8, 4) is 0 Å². The van der Waals surface area contributed by atoms with E-state index in [0.29, 0.717) is 0 Å². The third-order valence-corrected chi connectivity index (χ3v) is 21.2. The van der Waals surface area contributed by atoms with Crippen molar-refractivity contribution < 1.29 is 24.7 Å². The normalized spacial score (nSPS) is 43.4. The zero-order valence-corrected chi connectivity index (χ0v) is 15.6. The molecular weight excluding hydrogens is 297 g/mol. The van der Waals surface area contributed by atoms with Crippen LogP contribution >= 0.6 is 10.7 Å². The molecule has 2 saturated heterocycles. The number of hydrogen-bond acceptors (Lipinski definition) is 7. The second kappa shape index (κ2) is 6.09. The lowest BCUT2D eigenvalue weighted by Gasteiger charge is -2.26. The van der Waals surface area contributed by atoms with Gasteiger partial charge in [0.05, 0.1) is 0 Å².